The van der Waals surface area contributed by atoms with E-state index in [4.69, 9.17) is 21.1 Å². The van der Waals surface area contributed by atoms with Gasteiger partial charge in [0.15, 0.2) is 0 Å². The number of ether oxygens (including phenoxy) is 2. The Morgan fingerprint density at radius 2 is 1.46 bits per heavy atom. The van der Waals surface area contributed by atoms with Gasteiger partial charge in [0.2, 0.25) is 11.8 Å². The second-order valence-corrected chi connectivity index (χ2v) is 14.0. The molecule has 2 N–H and O–H groups in total. The van der Waals surface area contributed by atoms with E-state index in [1.807, 2.05) is 24.3 Å². The van der Waals surface area contributed by atoms with Gasteiger partial charge in [-0.3, -0.25) is 18.7 Å². The number of aryl methyl sites for hydroxylation is 2. The average molecular weight is 718 g/mol. The van der Waals surface area contributed by atoms with Crippen molar-refractivity contribution >= 4 is 56.8 Å². The number of sulfonamides is 1. The molecule has 11 nitrogen and oxygen atoms in total. The summed E-state index contributed by atoms with van der Waals surface area (Å²) < 4.78 is 40.4. The summed E-state index contributed by atoms with van der Waals surface area (Å²) >= 11 is 6.25. The highest BCUT2D eigenvalue weighted by molar-refractivity contribution is 7.93. The lowest BCUT2D eigenvalue weighted by Gasteiger charge is -2.37. The first-order valence-corrected chi connectivity index (χ1v) is 17.7. The third kappa shape index (κ3) is 8.68. The lowest BCUT2D eigenvalue weighted by molar-refractivity contribution is -0.150. The van der Waals surface area contributed by atoms with Crippen molar-refractivity contribution in [2.24, 2.45) is 0 Å². The van der Waals surface area contributed by atoms with Crippen molar-refractivity contribution < 1.29 is 37.1 Å². The maximum Gasteiger partial charge on any atom is 0.328 e. The van der Waals surface area contributed by atoms with Crippen molar-refractivity contribution in [2.75, 3.05) is 9.62 Å². The SMILES string of the molecule is Cc1cc(S(=O)(=O)N2c3ccccc3NC(=O)[C@H]2CC(=O)N[C@H](CCC(=O)OCc2ccccc2)C(=O)OCc2ccccc2)c(C)cc1Cl. The quantitative estimate of drug-likeness (QED) is 0.170. The fraction of sp³-hybridized carbons (Fsp3) is 0.243. The molecule has 13 heteroatoms. The Hall–Kier alpha value is -5.20. The molecule has 5 rings (SSSR count). The van der Waals surface area contributed by atoms with Crippen LogP contribution in [-0.4, -0.2) is 44.3 Å². The van der Waals surface area contributed by atoms with Crippen LogP contribution in [0.4, 0.5) is 11.4 Å². The number of rotatable bonds is 13. The number of anilines is 2. The molecule has 260 valence electrons. The van der Waals surface area contributed by atoms with Crippen LogP contribution in [0.1, 0.15) is 41.5 Å². The van der Waals surface area contributed by atoms with Crippen molar-refractivity contribution in [3.63, 3.8) is 0 Å². The zero-order chi connectivity index (χ0) is 35.8. The van der Waals surface area contributed by atoms with Gasteiger partial charge in [0.25, 0.3) is 10.0 Å². The highest BCUT2D eigenvalue weighted by Gasteiger charge is 2.43. The molecule has 0 bridgehead atoms. The molecule has 0 saturated heterocycles. The first-order valence-electron chi connectivity index (χ1n) is 15.8. The van der Waals surface area contributed by atoms with E-state index < -0.39 is 52.3 Å². The summed E-state index contributed by atoms with van der Waals surface area (Å²) in [5.74, 6) is -2.96. The number of halogens is 1. The van der Waals surface area contributed by atoms with Crippen LogP contribution in [0.3, 0.4) is 0 Å². The van der Waals surface area contributed by atoms with Gasteiger partial charge in [-0.25, -0.2) is 13.2 Å². The third-order valence-corrected chi connectivity index (χ3v) is 10.5. The molecule has 0 saturated carbocycles. The Bertz CT molecular complexity index is 1990. The second kappa shape index (κ2) is 16.0. The lowest BCUT2D eigenvalue weighted by Crippen LogP contribution is -2.54. The van der Waals surface area contributed by atoms with E-state index in [9.17, 15) is 27.6 Å². The molecule has 0 aliphatic carbocycles. The predicted octanol–water partition coefficient (Wildman–Crippen LogP) is 5.61. The third-order valence-electron chi connectivity index (χ3n) is 8.08. The molecule has 0 spiro atoms. The summed E-state index contributed by atoms with van der Waals surface area (Å²) in [6.45, 7) is 3.20. The standard InChI is InChI=1S/C37H36ClN3O8S/c1-24-20-33(25(2)19-28(24)38)50(46,47)41-31-16-10-9-15-29(31)40-36(44)32(41)21-34(42)39-30(37(45)49-23-27-13-7-4-8-14-27)17-18-35(43)48-22-26-11-5-3-6-12-26/h3-16,19-20,30,32H,17-18,21-23H2,1-2H3,(H,39,42)(H,40,44)/t30-,32-/m1/s1. The van der Waals surface area contributed by atoms with Crippen molar-refractivity contribution in [3.8, 4) is 0 Å². The van der Waals surface area contributed by atoms with Crippen molar-refractivity contribution in [3.05, 3.63) is 124 Å². The fourth-order valence-electron chi connectivity index (χ4n) is 5.45. The minimum absolute atomic E-state index is 0.0321. The topological polar surface area (TPSA) is 148 Å². The molecule has 4 aromatic carbocycles. The summed E-state index contributed by atoms with van der Waals surface area (Å²) in [7, 11) is -4.43. The Morgan fingerprint density at radius 3 is 2.12 bits per heavy atom. The maximum absolute atomic E-state index is 14.3. The first-order chi connectivity index (χ1) is 23.9. The van der Waals surface area contributed by atoms with E-state index in [0.29, 0.717) is 21.7 Å². The molecule has 2 atom stereocenters. The number of benzene rings is 4. The molecule has 4 aromatic rings. The number of esters is 2. The Labute approximate surface area is 295 Å². The number of nitrogens with zero attached hydrogens (tertiary/aromatic N) is 1. The normalized spacial score (nSPS) is 14.6. The summed E-state index contributed by atoms with van der Waals surface area (Å²) in [5.41, 5.74) is 2.77. The van der Waals surface area contributed by atoms with Gasteiger partial charge in [0, 0.05) is 11.4 Å². The van der Waals surface area contributed by atoms with Crippen LogP contribution >= 0.6 is 11.6 Å². The lowest BCUT2D eigenvalue weighted by atomic mass is 10.1. The van der Waals surface area contributed by atoms with Gasteiger partial charge in [-0.05, 0) is 66.8 Å². The Balaban J connectivity index is 1.37. The van der Waals surface area contributed by atoms with E-state index in [1.54, 1.807) is 68.4 Å². The van der Waals surface area contributed by atoms with E-state index in [-0.39, 0.29) is 42.3 Å². The van der Waals surface area contributed by atoms with Gasteiger partial charge >= 0.3 is 11.9 Å². The Kier molecular flexibility index (Phi) is 11.6. The average Bonchev–Trinajstić information content (AvgIpc) is 3.10. The molecule has 1 aliphatic rings. The zero-order valence-electron chi connectivity index (χ0n) is 27.4. The minimum Gasteiger partial charge on any atom is -0.461 e. The summed E-state index contributed by atoms with van der Waals surface area (Å²) in [6, 6.07) is 24.4. The Morgan fingerprint density at radius 1 is 0.860 bits per heavy atom. The van der Waals surface area contributed by atoms with E-state index in [0.717, 1.165) is 9.87 Å². The molecule has 0 unspecified atom stereocenters. The van der Waals surface area contributed by atoms with Crippen LogP contribution in [0.25, 0.3) is 0 Å². The van der Waals surface area contributed by atoms with E-state index >= 15 is 0 Å². The van der Waals surface area contributed by atoms with E-state index in [2.05, 4.69) is 10.6 Å². The van der Waals surface area contributed by atoms with E-state index in [1.165, 1.54) is 18.2 Å². The van der Waals surface area contributed by atoms with Crippen molar-refractivity contribution in [1.29, 1.82) is 0 Å². The van der Waals surface area contributed by atoms with Gasteiger partial charge in [-0.2, -0.15) is 0 Å². The monoisotopic (exact) mass is 717 g/mol. The number of amides is 2. The molecule has 0 radical (unpaired) electrons. The summed E-state index contributed by atoms with van der Waals surface area (Å²) in [4.78, 5) is 53.0. The van der Waals surface area contributed by atoms with Crippen LogP contribution in [0.5, 0.6) is 0 Å². The van der Waals surface area contributed by atoms with Gasteiger partial charge in [0.1, 0.15) is 25.3 Å². The van der Waals surface area contributed by atoms with Gasteiger partial charge in [-0.15, -0.1) is 0 Å². The van der Waals surface area contributed by atoms with Gasteiger partial charge < -0.3 is 20.1 Å². The number of hydrogen-bond acceptors (Lipinski definition) is 8. The maximum atomic E-state index is 14.3. The van der Waals surface area contributed by atoms with Crippen LogP contribution < -0.4 is 14.9 Å². The van der Waals surface area contributed by atoms with Crippen LogP contribution in [-0.2, 0) is 51.9 Å². The summed E-state index contributed by atoms with van der Waals surface area (Å²) in [5, 5.41) is 5.64. The highest BCUT2D eigenvalue weighted by Crippen LogP contribution is 2.38. The predicted molar refractivity (Wildman–Crippen MR) is 188 cm³/mol. The molecule has 1 aliphatic heterocycles. The van der Waals surface area contributed by atoms with Crippen molar-refractivity contribution in [1.82, 2.24) is 5.32 Å². The molecule has 0 aromatic heterocycles. The molecule has 1 heterocycles. The van der Waals surface area contributed by atoms with Crippen LogP contribution in [0.15, 0.2) is 102 Å². The van der Waals surface area contributed by atoms with Crippen molar-refractivity contribution in [2.45, 2.75) is 63.3 Å². The molecular weight excluding hydrogens is 682 g/mol. The number of nitrogens with one attached hydrogen (secondary N) is 2. The first kappa shape index (κ1) is 36.1. The zero-order valence-corrected chi connectivity index (χ0v) is 29.0. The number of carbonyl (C=O) groups is 4. The summed E-state index contributed by atoms with van der Waals surface area (Å²) in [6.07, 6.45) is -1.05. The second-order valence-electron chi connectivity index (χ2n) is 11.8. The molecule has 0 fully saturated rings. The fourth-order valence-corrected chi connectivity index (χ4v) is 7.60. The molecule has 2 amide bonds. The smallest absolute Gasteiger partial charge is 0.328 e. The number of fused-ring (bicyclic) bond motifs is 1. The van der Waals surface area contributed by atoms with Crippen LogP contribution in [0, 0.1) is 13.8 Å². The van der Waals surface area contributed by atoms with Gasteiger partial charge in [-0.1, -0.05) is 84.4 Å². The van der Waals surface area contributed by atoms with Crippen LogP contribution in [0.2, 0.25) is 5.02 Å². The van der Waals surface area contributed by atoms with Gasteiger partial charge in [0.05, 0.1) is 22.7 Å². The minimum atomic E-state index is -4.43. The molecule has 50 heavy (non-hydrogen) atoms. The number of para-hydroxylation sites is 2. The highest BCUT2D eigenvalue weighted by atomic mass is 35.5. The largest absolute Gasteiger partial charge is 0.461 e. The number of carbonyl (C=O) groups excluding carboxylic acids is 4. The number of hydrogen-bond donors (Lipinski definition) is 2. The molecular formula is C37H36ClN3O8S.